The van der Waals surface area contributed by atoms with E-state index in [9.17, 15) is 0 Å². The highest BCUT2D eigenvalue weighted by Gasteiger charge is 2.02. The van der Waals surface area contributed by atoms with Gasteiger partial charge in [0.1, 0.15) is 12.4 Å². The van der Waals surface area contributed by atoms with Gasteiger partial charge >= 0.3 is 0 Å². The summed E-state index contributed by atoms with van der Waals surface area (Å²) in [5.41, 5.74) is 2.62. The fourth-order valence-electron chi connectivity index (χ4n) is 2.63. The van der Waals surface area contributed by atoms with Crippen molar-refractivity contribution in [1.82, 2.24) is 10.3 Å². The molecule has 1 aromatic heterocycles. The second-order valence-electron chi connectivity index (χ2n) is 5.37. The van der Waals surface area contributed by atoms with Crippen LogP contribution in [0.2, 0.25) is 0 Å². The van der Waals surface area contributed by atoms with Crippen LogP contribution in [0.15, 0.2) is 60.8 Å². The highest BCUT2D eigenvalue weighted by Crippen LogP contribution is 2.18. The van der Waals surface area contributed by atoms with Gasteiger partial charge < -0.3 is 15.0 Å². The van der Waals surface area contributed by atoms with Crippen LogP contribution in [0.25, 0.3) is 10.9 Å². The van der Waals surface area contributed by atoms with E-state index >= 15 is 0 Å². The highest BCUT2D eigenvalue weighted by atomic mass is 16.5. The Hall–Kier alpha value is -2.26. The molecule has 0 fully saturated rings. The Morgan fingerprint density at radius 2 is 1.73 bits per heavy atom. The summed E-state index contributed by atoms with van der Waals surface area (Å²) in [6, 6.07) is 18.4. The van der Waals surface area contributed by atoms with Gasteiger partial charge in [-0.1, -0.05) is 36.4 Å². The number of nitrogens with one attached hydrogen (secondary N) is 2. The molecule has 0 radical (unpaired) electrons. The van der Waals surface area contributed by atoms with Crippen LogP contribution in [-0.4, -0.2) is 24.7 Å². The molecular weight excluding hydrogens is 272 g/mol. The van der Waals surface area contributed by atoms with Crippen molar-refractivity contribution in [1.29, 1.82) is 0 Å². The van der Waals surface area contributed by atoms with Crippen LogP contribution < -0.4 is 10.1 Å². The lowest BCUT2D eigenvalue weighted by molar-refractivity contribution is 0.314. The number of aryl methyl sites for hydroxylation is 1. The molecule has 0 aliphatic carbocycles. The number of benzene rings is 2. The van der Waals surface area contributed by atoms with Gasteiger partial charge in [-0.05, 0) is 43.1 Å². The van der Waals surface area contributed by atoms with Crippen LogP contribution in [0.5, 0.6) is 5.75 Å². The minimum absolute atomic E-state index is 0.705. The number of aromatic amines is 1. The molecular formula is C19H22N2O. The number of H-pyrrole nitrogens is 1. The van der Waals surface area contributed by atoms with Crippen LogP contribution >= 0.6 is 0 Å². The smallest absolute Gasteiger partial charge is 0.119 e. The van der Waals surface area contributed by atoms with Crippen molar-refractivity contribution in [3.05, 3.63) is 66.4 Å². The van der Waals surface area contributed by atoms with Crippen LogP contribution in [0.4, 0.5) is 0 Å². The molecule has 3 aromatic rings. The molecule has 3 rings (SSSR count). The molecule has 0 aliphatic rings. The monoisotopic (exact) mass is 294 g/mol. The first kappa shape index (κ1) is 14.7. The summed E-state index contributed by atoms with van der Waals surface area (Å²) >= 11 is 0. The number of hydrogen-bond acceptors (Lipinski definition) is 2. The van der Waals surface area contributed by atoms with Crippen LogP contribution in [-0.2, 0) is 6.42 Å². The van der Waals surface area contributed by atoms with E-state index in [0.717, 1.165) is 31.7 Å². The largest absolute Gasteiger partial charge is 0.492 e. The molecule has 0 amide bonds. The molecule has 0 aliphatic heterocycles. The second-order valence-corrected chi connectivity index (χ2v) is 5.37. The maximum Gasteiger partial charge on any atom is 0.119 e. The van der Waals surface area contributed by atoms with E-state index in [1.807, 2.05) is 30.3 Å². The maximum atomic E-state index is 5.65. The second kappa shape index (κ2) is 7.66. The Morgan fingerprint density at radius 1 is 0.909 bits per heavy atom. The van der Waals surface area contributed by atoms with Crippen molar-refractivity contribution in [2.45, 2.75) is 12.8 Å². The summed E-state index contributed by atoms with van der Waals surface area (Å²) in [5, 5.41) is 4.77. The van der Waals surface area contributed by atoms with Crippen LogP contribution in [0, 0.1) is 0 Å². The Morgan fingerprint density at radius 3 is 2.64 bits per heavy atom. The third-order valence-corrected chi connectivity index (χ3v) is 3.77. The summed E-state index contributed by atoms with van der Waals surface area (Å²) in [4.78, 5) is 3.33. The van der Waals surface area contributed by atoms with E-state index in [1.165, 1.54) is 16.5 Å². The minimum atomic E-state index is 0.705. The van der Waals surface area contributed by atoms with Crippen molar-refractivity contribution in [3.8, 4) is 5.75 Å². The summed E-state index contributed by atoms with van der Waals surface area (Å²) < 4.78 is 5.65. The first-order chi connectivity index (χ1) is 10.9. The van der Waals surface area contributed by atoms with E-state index < -0.39 is 0 Å². The van der Waals surface area contributed by atoms with Crippen molar-refractivity contribution < 1.29 is 4.74 Å². The molecule has 2 N–H and O–H groups in total. The van der Waals surface area contributed by atoms with Gasteiger partial charge in [-0.25, -0.2) is 0 Å². The first-order valence-corrected chi connectivity index (χ1v) is 7.87. The van der Waals surface area contributed by atoms with Gasteiger partial charge in [-0.15, -0.1) is 0 Å². The standard InChI is InChI=1S/C19H22N2O/c1-2-8-17(9-3-1)22-14-13-20-12-6-7-16-15-21-19-11-5-4-10-18(16)19/h1-5,8-11,15,20-21H,6-7,12-14H2. The van der Waals surface area contributed by atoms with Gasteiger partial charge in [0.15, 0.2) is 0 Å². The molecule has 2 aromatic carbocycles. The van der Waals surface area contributed by atoms with E-state index in [0.29, 0.717) is 6.61 Å². The predicted molar refractivity (Wildman–Crippen MR) is 91.4 cm³/mol. The van der Waals surface area contributed by atoms with Gasteiger partial charge in [0.05, 0.1) is 0 Å². The number of hydrogen-bond donors (Lipinski definition) is 2. The Kier molecular flexibility index (Phi) is 5.11. The molecule has 0 atom stereocenters. The highest BCUT2D eigenvalue weighted by molar-refractivity contribution is 5.82. The van der Waals surface area contributed by atoms with E-state index in [-0.39, 0.29) is 0 Å². The number of aromatic nitrogens is 1. The Balaban J connectivity index is 1.32. The number of ether oxygens (including phenoxy) is 1. The lowest BCUT2D eigenvalue weighted by Crippen LogP contribution is -2.22. The summed E-state index contributed by atoms with van der Waals surface area (Å²) in [7, 11) is 0. The Bertz CT molecular complexity index is 691. The predicted octanol–water partition coefficient (Wildman–Crippen LogP) is 3.77. The topological polar surface area (TPSA) is 37.0 Å². The normalized spacial score (nSPS) is 10.9. The zero-order valence-corrected chi connectivity index (χ0v) is 12.7. The van der Waals surface area contributed by atoms with E-state index in [4.69, 9.17) is 4.74 Å². The van der Waals surface area contributed by atoms with Gasteiger partial charge in [-0.2, -0.15) is 0 Å². The number of para-hydroxylation sites is 2. The van der Waals surface area contributed by atoms with Crippen molar-refractivity contribution in [3.63, 3.8) is 0 Å². The molecule has 0 unspecified atom stereocenters. The molecule has 0 saturated heterocycles. The summed E-state index contributed by atoms with van der Waals surface area (Å²) in [6.45, 7) is 2.59. The maximum absolute atomic E-state index is 5.65. The first-order valence-electron chi connectivity index (χ1n) is 7.87. The molecule has 22 heavy (non-hydrogen) atoms. The van der Waals surface area contributed by atoms with Crippen LogP contribution in [0.3, 0.4) is 0 Å². The fourth-order valence-corrected chi connectivity index (χ4v) is 2.63. The van der Waals surface area contributed by atoms with Gasteiger partial charge in [-0.3, -0.25) is 0 Å². The third kappa shape index (κ3) is 3.89. The fraction of sp³-hybridized carbons (Fsp3) is 0.263. The average Bonchev–Trinajstić information content (AvgIpc) is 2.98. The molecule has 3 heteroatoms. The molecule has 0 spiro atoms. The lowest BCUT2D eigenvalue weighted by atomic mass is 10.1. The zero-order chi connectivity index (χ0) is 15.0. The number of rotatable bonds is 8. The van der Waals surface area contributed by atoms with Crippen molar-refractivity contribution in [2.75, 3.05) is 19.7 Å². The van der Waals surface area contributed by atoms with Gasteiger partial charge in [0.25, 0.3) is 0 Å². The van der Waals surface area contributed by atoms with Crippen LogP contribution in [0.1, 0.15) is 12.0 Å². The quantitative estimate of drug-likeness (QED) is 0.621. The zero-order valence-electron chi connectivity index (χ0n) is 12.7. The minimum Gasteiger partial charge on any atom is -0.492 e. The SMILES string of the molecule is c1ccc(OCCNCCCc2c[nH]c3ccccc23)cc1. The lowest BCUT2D eigenvalue weighted by Gasteiger charge is -2.07. The molecule has 0 saturated carbocycles. The van der Waals surface area contributed by atoms with E-state index in [2.05, 4.69) is 40.8 Å². The molecule has 0 bridgehead atoms. The van der Waals surface area contributed by atoms with Crippen molar-refractivity contribution in [2.24, 2.45) is 0 Å². The molecule has 1 heterocycles. The summed E-state index contributed by atoms with van der Waals surface area (Å²) in [5.74, 6) is 0.933. The van der Waals surface area contributed by atoms with Crippen molar-refractivity contribution >= 4 is 10.9 Å². The summed E-state index contributed by atoms with van der Waals surface area (Å²) in [6.07, 6.45) is 4.35. The molecule has 114 valence electrons. The Labute approximate surface area is 131 Å². The molecule has 3 nitrogen and oxygen atoms in total. The number of fused-ring (bicyclic) bond motifs is 1. The van der Waals surface area contributed by atoms with E-state index in [1.54, 1.807) is 0 Å². The third-order valence-electron chi connectivity index (χ3n) is 3.77. The van der Waals surface area contributed by atoms with Gasteiger partial charge in [0.2, 0.25) is 0 Å². The van der Waals surface area contributed by atoms with Gasteiger partial charge in [0, 0.05) is 23.6 Å². The average molecular weight is 294 g/mol.